The maximum atomic E-state index is 14.5. The number of benzene rings is 7. The van der Waals surface area contributed by atoms with Crippen molar-refractivity contribution in [1.29, 1.82) is 0 Å². The van der Waals surface area contributed by atoms with E-state index in [1.54, 1.807) is 0 Å². The van der Waals surface area contributed by atoms with E-state index in [9.17, 15) is 4.57 Å². The number of para-hydroxylation sites is 1. The summed E-state index contributed by atoms with van der Waals surface area (Å²) >= 11 is 0. The molecule has 1 heterocycles. The summed E-state index contributed by atoms with van der Waals surface area (Å²) in [5.74, 6) is 0. The average molecular weight is 644 g/mol. The van der Waals surface area contributed by atoms with Gasteiger partial charge in [0.2, 0.25) is 0 Å². The van der Waals surface area contributed by atoms with Gasteiger partial charge in [-0.05, 0) is 91.6 Å². The lowest BCUT2D eigenvalue weighted by atomic mass is 10.1. The van der Waals surface area contributed by atoms with Crippen LogP contribution in [0.3, 0.4) is 0 Å². The second-order valence-corrected chi connectivity index (χ2v) is 17.9. The number of rotatable bonds is 7. The molecule has 1 aromatic heterocycles. The minimum atomic E-state index is -2.83. The summed E-state index contributed by atoms with van der Waals surface area (Å²) in [6.45, 7) is 1.89. The summed E-state index contributed by atoms with van der Waals surface area (Å²) in [7, 11) is -4.71. The van der Waals surface area contributed by atoms with Crippen molar-refractivity contribution >= 4 is 49.6 Å². The van der Waals surface area contributed by atoms with E-state index in [0.29, 0.717) is 0 Å². The second-order valence-electron chi connectivity index (χ2n) is 11.9. The van der Waals surface area contributed by atoms with Crippen molar-refractivity contribution in [1.82, 2.24) is 4.57 Å². The van der Waals surface area contributed by atoms with Crippen molar-refractivity contribution in [2.24, 2.45) is 0 Å². The van der Waals surface area contributed by atoms with E-state index in [2.05, 4.69) is 162 Å². The molecule has 0 spiro atoms. The van der Waals surface area contributed by atoms with Gasteiger partial charge in [0.25, 0.3) is 0 Å². The minimum Gasteiger partial charge on any atom is -0.314 e. The van der Waals surface area contributed by atoms with Crippen LogP contribution in [0.2, 0.25) is 0 Å². The van der Waals surface area contributed by atoms with Gasteiger partial charge in [-0.1, -0.05) is 103 Å². The van der Waals surface area contributed by atoms with Gasteiger partial charge < -0.3 is 9.13 Å². The molecule has 47 heavy (non-hydrogen) atoms. The second kappa shape index (κ2) is 11.9. The normalized spacial score (nSPS) is 13.4. The maximum absolute atomic E-state index is 14.5. The molecule has 8 rings (SSSR count). The molecule has 0 saturated heterocycles. The third-order valence-electron chi connectivity index (χ3n) is 9.12. The predicted molar refractivity (Wildman–Crippen MR) is 200 cm³/mol. The van der Waals surface area contributed by atoms with Gasteiger partial charge >= 0.3 is 0 Å². The van der Waals surface area contributed by atoms with Crippen LogP contribution in [0, 0.1) is 0 Å². The molecule has 0 aliphatic rings. The fourth-order valence-corrected chi connectivity index (χ4v) is 12.5. The molecule has 0 amide bonds. The highest BCUT2D eigenvalue weighted by Gasteiger charge is 2.34. The molecule has 1 unspecified atom stereocenters. The van der Waals surface area contributed by atoms with Gasteiger partial charge in [0.1, 0.15) is 7.14 Å². The van der Waals surface area contributed by atoms with Gasteiger partial charge in [0.05, 0.1) is 11.0 Å². The third kappa shape index (κ3) is 4.86. The van der Waals surface area contributed by atoms with Crippen LogP contribution >= 0.6 is 17.2 Å². The van der Waals surface area contributed by atoms with E-state index in [1.165, 1.54) is 19.6 Å². The molecule has 0 aliphatic carbocycles. The zero-order chi connectivity index (χ0) is 31.8. The van der Waals surface area contributed by atoms with Crippen LogP contribution in [0.5, 0.6) is 0 Å². The van der Waals surface area contributed by atoms with Gasteiger partial charge in [-0.2, -0.15) is 0 Å². The number of nitrogens with zero attached hydrogens (tertiary/aromatic N) is 1. The molecule has 0 radical (unpaired) electrons. The fraction of sp³-hybridized carbons (Fsp3) is 0.0233. The van der Waals surface area contributed by atoms with Gasteiger partial charge in [0.15, 0.2) is 0 Å². The summed E-state index contributed by atoms with van der Waals surface area (Å²) in [6.07, 6.45) is 0. The molecule has 1 atom stereocenters. The van der Waals surface area contributed by atoms with Crippen molar-refractivity contribution in [3.63, 3.8) is 0 Å². The van der Waals surface area contributed by atoms with E-state index in [1.807, 2.05) is 37.0 Å². The standard InChI is InChI=1S/C43H34NOPS/c1-46(45,34-19-9-3-10-20-34)35-27-29-42-40(31-35)41-32-39(28-30-43(41)44(42)33-17-7-2-8-18-33)47(36-21-11-4-12-22-36,37-23-13-5-14-24-37)38-25-15-6-16-26-38/h2-32H,1H3. The Hall–Kier alpha value is -5.08. The lowest BCUT2D eigenvalue weighted by Gasteiger charge is -2.42. The quantitative estimate of drug-likeness (QED) is 0.158. The number of fused-ring (bicyclic) bond motifs is 3. The minimum absolute atomic E-state index is 0.863. The van der Waals surface area contributed by atoms with E-state index < -0.39 is 17.2 Å². The van der Waals surface area contributed by atoms with E-state index in [4.69, 9.17) is 0 Å². The molecule has 4 heteroatoms. The molecular formula is C43H34NOPS. The van der Waals surface area contributed by atoms with E-state index in [-0.39, 0.29) is 0 Å². The molecular weight excluding hydrogens is 610 g/mol. The number of hydrogen-bond donors (Lipinski definition) is 0. The van der Waals surface area contributed by atoms with Crippen LogP contribution in [0.15, 0.2) is 208 Å². The molecule has 7 aromatic carbocycles. The molecule has 8 aromatic rings. The average Bonchev–Trinajstić information content (AvgIpc) is 3.47. The summed E-state index contributed by atoms with van der Waals surface area (Å²) in [5.41, 5.74) is 3.32. The van der Waals surface area contributed by atoms with Crippen LogP contribution in [0.4, 0.5) is 0 Å². The Labute approximate surface area is 277 Å². The first-order chi connectivity index (χ1) is 23.1. The Balaban J connectivity index is 1.48. The molecule has 2 nitrogen and oxygen atoms in total. The van der Waals surface area contributed by atoms with Crippen molar-refractivity contribution in [3.05, 3.63) is 188 Å². The van der Waals surface area contributed by atoms with Crippen LogP contribution in [0.1, 0.15) is 0 Å². The number of aromatic nitrogens is 1. The largest absolute Gasteiger partial charge is 0.314 e. The third-order valence-corrected chi connectivity index (χ3v) is 15.6. The molecule has 0 N–H and O–H groups in total. The monoisotopic (exact) mass is 643 g/mol. The topological polar surface area (TPSA) is 22.0 Å². The number of hydrogen-bond acceptors (Lipinski definition) is 1. The summed E-state index contributed by atoms with van der Waals surface area (Å²) in [4.78, 5) is 5.11. The highest BCUT2D eigenvalue weighted by Crippen LogP contribution is 2.73. The Morgan fingerprint density at radius 1 is 0.426 bits per heavy atom. The highest BCUT2D eigenvalue weighted by atomic mass is 32.3. The Kier molecular flexibility index (Phi) is 7.45. The Morgan fingerprint density at radius 2 is 0.851 bits per heavy atom. The van der Waals surface area contributed by atoms with Gasteiger partial charge in [-0.15, -0.1) is 10.0 Å². The van der Waals surface area contributed by atoms with Crippen LogP contribution in [-0.2, 0) is 4.57 Å². The van der Waals surface area contributed by atoms with Crippen molar-refractivity contribution < 1.29 is 4.57 Å². The van der Waals surface area contributed by atoms with Gasteiger partial charge in [-0.25, -0.2) is 0 Å². The van der Waals surface area contributed by atoms with Crippen LogP contribution in [-0.4, -0.2) is 11.2 Å². The molecule has 0 fully saturated rings. The Morgan fingerprint density at radius 3 is 1.36 bits per heavy atom. The summed E-state index contributed by atoms with van der Waals surface area (Å²) in [5, 5.41) is 3.98. The van der Waals surface area contributed by atoms with Crippen molar-refractivity contribution in [2.75, 3.05) is 6.66 Å². The first kappa shape index (κ1) is 29.3. The lowest BCUT2D eigenvalue weighted by Crippen LogP contribution is -2.14. The SMILES string of the molecule is CP(=O)(c1ccccc1)c1ccc2c(c1)c1cc(S(c3ccccc3)(c3ccccc3)c3ccccc3)ccc1n2-c1ccccc1. The molecule has 0 aliphatic heterocycles. The zero-order valence-electron chi connectivity index (χ0n) is 26.1. The first-order valence-electron chi connectivity index (χ1n) is 15.8. The van der Waals surface area contributed by atoms with Gasteiger partial charge in [-0.3, -0.25) is 0 Å². The Bertz CT molecular complexity index is 2280. The van der Waals surface area contributed by atoms with Crippen molar-refractivity contribution in [3.8, 4) is 5.69 Å². The van der Waals surface area contributed by atoms with Crippen LogP contribution < -0.4 is 10.6 Å². The zero-order valence-corrected chi connectivity index (χ0v) is 27.8. The fourth-order valence-electron chi connectivity index (χ4n) is 6.85. The highest BCUT2D eigenvalue weighted by molar-refractivity contribution is 8.34. The van der Waals surface area contributed by atoms with E-state index >= 15 is 0 Å². The molecule has 228 valence electrons. The van der Waals surface area contributed by atoms with Crippen LogP contribution in [0.25, 0.3) is 27.5 Å². The smallest absolute Gasteiger partial charge is 0.140 e. The summed E-state index contributed by atoms with van der Waals surface area (Å²) in [6, 6.07) is 66.7. The van der Waals surface area contributed by atoms with Gasteiger partial charge in [0, 0.05) is 46.7 Å². The summed E-state index contributed by atoms with van der Waals surface area (Å²) < 4.78 is 16.8. The molecule has 0 bridgehead atoms. The van der Waals surface area contributed by atoms with Crippen molar-refractivity contribution in [2.45, 2.75) is 19.6 Å². The van der Waals surface area contributed by atoms with E-state index in [0.717, 1.165) is 38.1 Å². The first-order valence-corrected chi connectivity index (χ1v) is 19.6. The predicted octanol–water partition coefficient (Wildman–Crippen LogP) is 11.1. The molecule has 0 saturated carbocycles. The maximum Gasteiger partial charge on any atom is 0.140 e. The lowest BCUT2D eigenvalue weighted by molar-refractivity contribution is 0.590.